The van der Waals surface area contributed by atoms with Crippen molar-refractivity contribution in [3.8, 4) is 0 Å². The molecule has 0 spiro atoms. The predicted octanol–water partition coefficient (Wildman–Crippen LogP) is 4.06. The molecule has 8 heteroatoms. The summed E-state index contributed by atoms with van der Waals surface area (Å²) in [4.78, 5) is 12.5. The third-order valence-corrected chi connectivity index (χ3v) is 7.02. The van der Waals surface area contributed by atoms with Gasteiger partial charge in [-0.3, -0.25) is 4.79 Å². The van der Waals surface area contributed by atoms with Crippen molar-refractivity contribution in [3.63, 3.8) is 0 Å². The van der Waals surface area contributed by atoms with Gasteiger partial charge < -0.3 is 5.32 Å². The molecule has 1 heterocycles. The fourth-order valence-corrected chi connectivity index (χ4v) is 4.53. The molecule has 0 fully saturated rings. The summed E-state index contributed by atoms with van der Waals surface area (Å²) in [6.45, 7) is 2.46. The summed E-state index contributed by atoms with van der Waals surface area (Å²) in [7, 11) is -3.23. The Kier molecular flexibility index (Phi) is 5.72. The Morgan fingerprint density at radius 2 is 2.00 bits per heavy atom. The summed E-state index contributed by atoms with van der Waals surface area (Å²) in [5, 5.41) is 3.20. The first kappa shape index (κ1) is 19.4. The average Bonchev–Trinajstić information content (AvgIpc) is 2.63. The Labute approximate surface area is 166 Å². The van der Waals surface area contributed by atoms with Gasteiger partial charge in [-0.1, -0.05) is 33.6 Å². The van der Waals surface area contributed by atoms with Gasteiger partial charge in [-0.25, -0.2) is 8.42 Å². The number of hydrogen-bond donors (Lipinski definition) is 1. The molecule has 138 valence electrons. The third kappa shape index (κ3) is 4.11. The van der Waals surface area contributed by atoms with Crippen LogP contribution in [-0.4, -0.2) is 30.9 Å². The predicted molar refractivity (Wildman–Crippen MR) is 107 cm³/mol. The number of anilines is 1. The molecule has 0 unspecified atom stereocenters. The molecular formula is C18H18BrClN2O3S. The van der Waals surface area contributed by atoms with E-state index in [-0.39, 0.29) is 11.7 Å². The van der Waals surface area contributed by atoms with Gasteiger partial charge in [0.2, 0.25) is 10.0 Å². The molecule has 3 rings (SSSR count). The minimum atomic E-state index is -3.23. The molecule has 1 aliphatic heterocycles. The lowest BCUT2D eigenvalue weighted by atomic mass is 10.0. The van der Waals surface area contributed by atoms with Crippen molar-refractivity contribution in [2.24, 2.45) is 0 Å². The molecule has 0 saturated carbocycles. The molecule has 1 N–H and O–H groups in total. The number of fused-ring (bicyclic) bond motifs is 1. The van der Waals surface area contributed by atoms with Crippen LogP contribution in [0, 0.1) is 0 Å². The number of carbonyl (C=O) groups is 1. The maximum atomic E-state index is 12.5. The fraction of sp³-hybridized carbons (Fsp3) is 0.278. The first-order valence-corrected chi connectivity index (χ1v) is 10.9. The minimum Gasteiger partial charge on any atom is -0.322 e. The van der Waals surface area contributed by atoms with Crippen molar-refractivity contribution in [3.05, 3.63) is 62.6 Å². The number of amides is 1. The van der Waals surface area contributed by atoms with E-state index < -0.39 is 10.0 Å². The van der Waals surface area contributed by atoms with E-state index in [0.29, 0.717) is 35.8 Å². The zero-order valence-corrected chi connectivity index (χ0v) is 17.3. The van der Waals surface area contributed by atoms with Gasteiger partial charge >= 0.3 is 0 Å². The van der Waals surface area contributed by atoms with Crippen LogP contribution in [0.4, 0.5) is 5.69 Å². The summed E-state index contributed by atoms with van der Waals surface area (Å²) < 4.78 is 26.5. The van der Waals surface area contributed by atoms with Crippen LogP contribution in [0.15, 0.2) is 40.9 Å². The van der Waals surface area contributed by atoms with Gasteiger partial charge in [0, 0.05) is 23.2 Å². The number of hydrogen-bond acceptors (Lipinski definition) is 3. The van der Waals surface area contributed by atoms with Gasteiger partial charge in [0.25, 0.3) is 5.91 Å². The monoisotopic (exact) mass is 456 g/mol. The molecule has 0 aliphatic carbocycles. The highest BCUT2D eigenvalue weighted by atomic mass is 79.9. The molecule has 0 saturated heterocycles. The molecule has 5 nitrogen and oxygen atoms in total. The molecule has 0 bridgehead atoms. The zero-order valence-electron chi connectivity index (χ0n) is 14.1. The Bertz CT molecular complexity index is 963. The molecule has 1 aliphatic rings. The van der Waals surface area contributed by atoms with Crippen molar-refractivity contribution in [1.29, 1.82) is 0 Å². The quantitative estimate of drug-likeness (QED) is 0.753. The highest BCUT2D eigenvalue weighted by Gasteiger charge is 2.25. The highest BCUT2D eigenvalue weighted by molar-refractivity contribution is 9.10. The molecule has 1 amide bonds. The molecule has 2 aromatic carbocycles. The molecule has 2 aromatic rings. The lowest BCUT2D eigenvalue weighted by Crippen LogP contribution is -2.36. The Morgan fingerprint density at radius 1 is 1.23 bits per heavy atom. The second-order valence-corrected chi connectivity index (χ2v) is 9.63. The summed E-state index contributed by atoms with van der Waals surface area (Å²) in [6, 6.07) is 10.7. The van der Waals surface area contributed by atoms with Crippen LogP contribution in [0.25, 0.3) is 0 Å². The highest BCUT2D eigenvalue weighted by Crippen LogP contribution is 2.26. The smallest absolute Gasteiger partial charge is 0.257 e. The first-order chi connectivity index (χ1) is 12.3. The minimum absolute atomic E-state index is 0.0835. The number of rotatable bonds is 4. The van der Waals surface area contributed by atoms with E-state index in [4.69, 9.17) is 11.6 Å². The summed E-state index contributed by atoms with van der Waals surface area (Å²) in [5.41, 5.74) is 2.99. The summed E-state index contributed by atoms with van der Waals surface area (Å²) in [6.07, 6.45) is 0.667. The van der Waals surface area contributed by atoms with Crippen LogP contribution in [0.3, 0.4) is 0 Å². The van der Waals surface area contributed by atoms with Crippen molar-refractivity contribution in [2.75, 3.05) is 17.6 Å². The number of sulfonamides is 1. The van der Waals surface area contributed by atoms with Crippen molar-refractivity contribution in [2.45, 2.75) is 19.9 Å². The normalized spacial score (nSPS) is 14.7. The van der Waals surface area contributed by atoms with E-state index in [1.807, 2.05) is 18.2 Å². The molecule has 26 heavy (non-hydrogen) atoms. The van der Waals surface area contributed by atoms with Gasteiger partial charge in [0.05, 0.1) is 16.3 Å². The van der Waals surface area contributed by atoms with Gasteiger partial charge in [0.1, 0.15) is 0 Å². The lowest BCUT2D eigenvalue weighted by Gasteiger charge is -2.28. The maximum Gasteiger partial charge on any atom is 0.257 e. The molecule has 0 atom stereocenters. The number of nitrogens with one attached hydrogen (secondary N) is 1. The van der Waals surface area contributed by atoms with Gasteiger partial charge in [-0.2, -0.15) is 4.31 Å². The van der Waals surface area contributed by atoms with Gasteiger partial charge in [-0.15, -0.1) is 0 Å². The van der Waals surface area contributed by atoms with Crippen LogP contribution in [0.1, 0.15) is 28.4 Å². The van der Waals surface area contributed by atoms with Crippen LogP contribution in [0.2, 0.25) is 5.02 Å². The SMILES string of the molecule is CCS(=O)(=O)N1CCc2ccc(NC(=O)c3cc(Br)ccc3Cl)cc2C1. The summed E-state index contributed by atoms with van der Waals surface area (Å²) in [5.74, 6) is -0.231. The zero-order chi connectivity index (χ0) is 18.9. The van der Waals surface area contributed by atoms with E-state index in [1.165, 1.54) is 4.31 Å². The van der Waals surface area contributed by atoms with Gasteiger partial charge in [-0.05, 0) is 54.8 Å². The maximum absolute atomic E-state index is 12.5. The number of halogens is 2. The van der Waals surface area contributed by atoms with Crippen LogP contribution in [-0.2, 0) is 23.0 Å². The van der Waals surface area contributed by atoms with Crippen molar-refractivity contribution >= 4 is 49.1 Å². The van der Waals surface area contributed by atoms with E-state index >= 15 is 0 Å². The molecule has 0 aromatic heterocycles. The number of carbonyl (C=O) groups excluding carboxylic acids is 1. The Balaban J connectivity index is 1.82. The standard InChI is InChI=1S/C18H18BrClN2O3S/c1-2-26(24,25)22-8-7-12-3-5-15(9-13(12)11-22)21-18(23)16-10-14(19)4-6-17(16)20/h3-6,9-10H,2,7-8,11H2,1H3,(H,21,23). The van der Waals surface area contributed by atoms with E-state index in [1.54, 1.807) is 25.1 Å². The second kappa shape index (κ2) is 7.68. The number of benzene rings is 2. The van der Waals surface area contributed by atoms with Crippen molar-refractivity contribution < 1.29 is 13.2 Å². The average molecular weight is 458 g/mol. The van der Waals surface area contributed by atoms with E-state index in [9.17, 15) is 13.2 Å². The Hall–Kier alpha value is -1.41. The van der Waals surface area contributed by atoms with Gasteiger partial charge in [0.15, 0.2) is 0 Å². The molecule has 0 radical (unpaired) electrons. The fourth-order valence-electron chi connectivity index (χ4n) is 2.90. The first-order valence-electron chi connectivity index (χ1n) is 8.16. The second-order valence-electron chi connectivity index (χ2n) is 6.05. The van der Waals surface area contributed by atoms with Crippen LogP contribution in [0.5, 0.6) is 0 Å². The molecular weight excluding hydrogens is 440 g/mol. The summed E-state index contributed by atoms with van der Waals surface area (Å²) >= 11 is 9.43. The third-order valence-electron chi connectivity index (χ3n) is 4.37. The van der Waals surface area contributed by atoms with E-state index in [0.717, 1.165) is 15.6 Å². The lowest BCUT2D eigenvalue weighted by molar-refractivity contribution is 0.102. The van der Waals surface area contributed by atoms with Crippen LogP contribution >= 0.6 is 27.5 Å². The largest absolute Gasteiger partial charge is 0.322 e. The van der Waals surface area contributed by atoms with Crippen molar-refractivity contribution in [1.82, 2.24) is 4.31 Å². The topological polar surface area (TPSA) is 66.5 Å². The van der Waals surface area contributed by atoms with E-state index in [2.05, 4.69) is 21.2 Å². The Morgan fingerprint density at radius 3 is 2.73 bits per heavy atom. The van der Waals surface area contributed by atoms with Crippen LogP contribution < -0.4 is 5.32 Å². The number of nitrogens with zero attached hydrogens (tertiary/aromatic N) is 1.